The maximum atomic E-state index is 12.4. The molecule has 18 heavy (non-hydrogen) atoms. The van der Waals surface area contributed by atoms with Crippen molar-refractivity contribution >= 4 is 23.1 Å². The average molecular weight is 264 g/mol. The van der Waals surface area contributed by atoms with Crippen molar-refractivity contribution in [3.63, 3.8) is 0 Å². The molecule has 0 aromatic heterocycles. The Morgan fingerprint density at radius 2 is 1.89 bits per heavy atom. The summed E-state index contributed by atoms with van der Waals surface area (Å²) < 4.78 is 0. The summed E-state index contributed by atoms with van der Waals surface area (Å²) in [5.41, 5.74) is 5.93. The number of thiocarbonyl (C=S) groups is 1. The van der Waals surface area contributed by atoms with E-state index in [2.05, 4.69) is 0 Å². The van der Waals surface area contributed by atoms with Crippen LogP contribution < -0.4 is 5.73 Å². The third-order valence-electron chi connectivity index (χ3n) is 3.07. The van der Waals surface area contributed by atoms with E-state index in [1.54, 1.807) is 11.9 Å². The summed E-state index contributed by atoms with van der Waals surface area (Å²) in [6.45, 7) is 4.42. The molecule has 1 aromatic carbocycles. The van der Waals surface area contributed by atoms with Gasteiger partial charge in [0.2, 0.25) is 5.91 Å². The molecule has 0 aliphatic rings. The van der Waals surface area contributed by atoms with Crippen LogP contribution in [0.15, 0.2) is 30.3 Å². The van der Waals surface area contributed by atoms with Gasteiger partial charge in [0.05, 0.1) is 10.4 Å². The lowest BCUT2D eigenvalue weighted by Gasteiger charge is -2.29. The topological polar surface area (TPSA) is 46.3 Å². The van der Waals surface area contributed by atoms with Crippen LogP contribution >= 0.6 is 12.2 Å². The molecule has 1 amide bonds. The number of benzene rings is 1. The average Bonchev–Trinajstić information content (AvgIpc) is 2.36. The monoisotopic (exact) mass is 264 g/mol. The van der Waals surface area contributed by atoms with E-state index in [4.69, 9.17) is 18.0 Å². The first-order chi connectivity index (χ1) is 8.35. The predicted molar refractivity (Wildman–Crippen MR) is 78.5 cm³/mol. The zero-order chi connectivity index (χ0) is 13.8. The number of hydrogen-bond donors (Lipinski definition) is 1. The van der Waals surface area contributed by atoms with Crippen molar-refractivity contribution in [2.75, 3.05) is 13.6 Å². The van der Waals surface area contributed by atoms with E-state index in [0.29, 0.717) is 18.0 Å². The Bertz CT molecular complexity index is 429. The highest BCUT2D eigenvalue weighted by Crippen LogP contribution is 2.25. The smallest absolute Gasteiger partial charge is 0.232 e. The Morgan fingerprint density at radius 1 is 1.33 bits per heavy atom. The van der Waals surface area contributed by atoms with E-state index in [1.165, 1.54) is 0 Å². The van der Waals surface area contributed by atoms with Gasteiger partial charge in [0, 0.05) is 20.0 Å². The van der Waals surface area contributed by atoms with Crippen LogP contribution in [0, 0.1) is 0 Å². The minimum Gasteiger partial charge on any atom is -0.393 e. The Morgan fingerprint density at radius 3 is 2.39 bits per heavy atom. The van der Waals surface area contributed by atoms with E-state index >= 15 is 0 Å². The molecule has 4 heteroatoms. The highest BCUT2D eigenvalue weighted by molar-refractivity contribution is 7.80. The molecule has 0 aliphatic carbocycles. The number of carbonyl (C=O) groups is 1. The molecule has 0 saturated heterocycles. The first-order valence-corrected chi connectivity index (χ1v) is 6.36. The molecule has 0 fully saturated rings. The van der Waals surface area contributed by atoms with Crippen LogP contribution in [0.3, 0.4) is 0 Å². The molecule has 0 heterocycles. The van der Waals surface area contributed by atoms with Gasteiger partial charge in [-0.3, -0.25) is 4.79 Å². The standard InChI is InChI=1S/C14H20N2OS/c1-14(2,11-7-5-4-6-8-11)13(17)16(3)10-9-12(15)18/h4-8H,9-10H2,1-3H3,(H2,15,18). The van der Waals surface area contributed by atoms with Crippen molar-refractivity contribution in [1.29, 1.82) is 0 Å². The summed E-state index contributed by atoms with van der Waals surface area (Å²) in [6, 6.07) is 9.78. The number of amides is 1. The Labute approximate surface area is 114 Å². The molecule has 1 rings (SSSR count). The zero-order valence-electron chi connectivity index (χ0n) is 11.1. The molecule has 1 aromatic rings. The molecular weight excluding hydrogens is 244 g/mol. The maximum absolute atomic E-state index is 12.4. The van der Waals surface area contributed by atoms with Gasteiger partial charge in [-0.2, -0.15) is 0 Å². The van der Waals surface area contributed by atoms with Gasteiger partial charge in [-0.05, 0) is 19.4 Å². The molecule has 0 bridgehead atoms. The maximum Gasteiger partial charge on any atom is 0.232 e. The number of rotatable bonds is 5. The second-order valence-corrected chi connectivity index (χ2v) is 5.46. The molecule has 98 valence electrons. The van der Waals surface area contributed by atoms with Gasteiger partial charge >= 0.3 is 0 Å². The van der Waals surface area contributed by atoms with Crippen molar-refractivity contribution < 1.29 is 4.79 Å². The summed E-state index contributed by atoms with van der Waals surface area (Å²) in [7, 11) is 1.78. The van der Waals surface area contributed by atoms with Crippen molar-refractivity contribution in [3.05, 3.63) is 35.9 Å². The van der Waals surface area contributed by atoms with E-state index in [9.17, 15) is 4.79 Å². The zero-order valence-corrected chi connectivity index (χ0v) is 12.0. The quantitative estimate of drug-likeness (QED) is 0.828. The number of likely N-dealkylation sites (N-methyl/N-ethyl adjacent to an activating group) is 1. The summed E-state index contributed by atoms with van der Waals surface area (Å²) in [6.07, 6.45) is 0.558. The molecule has 0 spiro atoms. The van der Waals surface area contributed by atoms with Gasteiger partial charge in [-0.15, -0.1) is 0 Å². The first kappa shape index (κ1) is 14.6. The van der Waals surface area contributed by atoms with E-state index < -0.39 is 5.41 Å². The summed E-state index contributed by atoms with van der Waals surface area (Å²) >= 11 is 4.83. The molecular formula is C14H20N2OS. The van der Waals surface area contributed by atoms with Gasteiger partial charge in [-0.25, -0.2) is 0 Å². The first-order valence-electron chi connectivity index (χ1n) is 5.95. The fraction of sp³-hybridized carbons (Fsp3) is 0.429. The van der Waals surface area contributed by atoms with Crippen LogP contribution in [0.5, 0.6) is 0 Å². The molecule has 2 N–H and O–H groups in total. The molecule has 0 radical (unpaired) electrons. The fourth-order valence-corrected chi connectivity index (χ4v) is 1.93. The van der Waals surface area contributed by atoms with Crippen LogP contribution in [0.1, 0.15) is 25.8 Å². The van der Waals surface area contributed by atoms with Gasteiger partial charge < -0.3 is 10.6 Å². The van der Waals surface area contributed by atoms with Crippen LogP contribution in [-0.2, 0) is 10.2 Å². The second-order valence-electron chi connectivity index (χ2n) is 4.93. The molecule has 0 saturated carbocycles. The van der Waals surface area contributed by atoms with Gasteiger partial charge in [0.25, 0.3) is 0 Å². The summed E-state index contributed by atoms with van der Waals surface area (Å²) in [5.74, 6) is 0.0740. The lowest BCUT2D eigenvalue weighted by Crippen LogP contribution is -2.42. The lowest BCUT2D eigenvalue weighted by atomic mass is 9.83. The third kappa shape index (κ3) is 3.53. The normalized spacial score (nSPS) is 11.1. The van der Waals surface area contributed by atoms with Gasteiger partial charge in [-0.1, -0.05) is 42.5 Å². The van der Waals surface area contributed by atoms with Gasteiger partial charge in [0.1, 0.15) is 0 Å². The van der Waals surface area contributed by atoms with Crippen molar-refractivity contribution in [2.45, 2.75) is 25.7 Å². The number of nitrogens with zero attached hydrogens (tertiary/aromatic N) is 1. The number of hydrogen-bond acceptors (Lipinski definition) is 2. The molecule has 3 nitrogen and oxygen atoms in total. The van der Waals surface area contributed by atoms with Crippen LogP contribution in [-0.4, -0.2) is 29.4 Å². The van der Waals surface area contributed by atoms with Gasteiger partial charge in [0.15, 0.2) is 0 Å². The predicted octanol–water partition coefficient (Wildman–Crippen LogP) is 2.10. The molecule has 0 unspecified atom stereocenters. The van der Waals surface area contributed by atoms with Crippen molar-refractivity contribution in [3.8, 4) is 0 Å². The largest absolute Gasteiger partial charge is 0.393 e. The van der Waals surface area contributed by atoms with E-state index in [0.717, 1.165) is 5.56 Å². The van der Waals surface area contributed by atoms with E-state index in [1.807, 2.05) is 44.2 Å². The highest BCUT2D eigenvalue weighted by atomic mass is 32.1. The second kappa shape index (κ2) is 5.96. The Hall–Kier alpha value is -1.42. The van der Waals surface area contributed by atoms with Crippen LogP contribution in [0.4, 0.5) is 0 Å². The minimum atomic E-state index is -0.535. The van der Waals surface area contributed by atoms with Crippen molar-refractivity contribution in [1.82, 2.24) is 4.90 Å². The van der Waals surface area contributed by atoms with Crippen LogP contribution in [0.25, 0.3) is 0 Å². The molecule has 0 atom stereocenters. The Balaban J connectivity index is 2.79. The minimum absolute atomic E-state index is 0.0740. The van der Waals surface area contributed by atoms with Crippen LogP contribution in [0.2, 0.25) is 0 Å². The van der Waals surface area contributed by atoms with E-state index in [-0.39, 0.29) is 5.91 Å². The fourth-order valence-electron chi connectivity index (χ4n) is 1.83. The highest BCUT2D eigenvalue weighted by Gasteiger charge is 2.31. The number of nitrogens with two attached hydrogens (primary N) is 1. The van der Waals surface area contributed by atoms with Crippen molar-refractivity contribution in [2.24, 2.45) is 5.73 Å². The molecule has 0 aliphatic heterocycles. The SMILES string of the molecule is CN(CCC(N)=S)C(=O)C(C)(C)c1ccccc1. The summed E-state index contributed by atoms with van der Waals surface area (Å²) in [5, 5.41) is 0. The lowest BCUT2D eigenvalue weighted by molar-refractivity contribution is -0.134. The third-order valence-corrected chi connectivity index (χ3v) is 3.27. The Kier molecular flexibility index (Phi) is 4.84. The summed E-state index contributed by atoms with van der Waals surface area (Å²) in [4.78, 5) is 14.5. The number of carbonyl (C=O) groups excluding carboxylic acids is 1.